The first-order chi connectivity index (χ1) is 11.7. The number of methoxy groups -OCH3 is 1. The van der Waals surface area contributed by atoms with Gasteiger partial charge in [-0.25, -0.2) is 4.68 Å². The van der Waals surface area contributed by atoms with Crippen LogP contribution in [-0.2, 0) is 4.74 Å². The first-order valence-electron chi connectivity index (χ1n) is 7.76. The van der Waals surface area contributed by atoms with E-state index in [1.807, 2.05) is 60.3 Å². The van der Waals surface area contributed by atoms with E-state index in [9.17, 15) is 4.79 Å². The predicted molar refractivity (Wildman–Crippen MR) is 91.8 cm³/mol. The van der Waals surface area contributed by atoms with Crippen molar-refractivity contribution in [2.75, 3.05) is 20.3 Å². The van der Waals surface area contributed by atoms with Gasteiger partial charge in [-0.1, -0.05) is 12.1 Å². The number of aromatic nitrogens is 3. The summed E-state index contributed by atoms with van der Waals surface area (Å²) in [6.07, 6.45) is 5.39. The fourth-order valence-electron chi connectivity index (χ4n) is 2.54. The lowest BCUT2D eigenvalue weighted by atomic mass is 10.2. The smallest absolute Gasteiger partial charge is 0.256 e. The van der Waals surface area contributed by atoms with E-state index in [0.29, 0.717) is 24.5 Å². The summed E-state index contributed by atoms with van der Waals surface area (Å²) < 4.78 is 8.64. The fraction of sp³-hybridized carbons (Fsp3) is 0.222. The summed E-state index contributed by atoms with van der Waals surface area (Å²) in [7, 11) is 1.60. The Hall–Kier alpha value is -2.86. The maximum absolute atomic E-state index is 12.5. The van der Waals surface area contributed by atoms with Gasteiger partial charge in [0, 0.05) is 26.0 Å². The molecule has 0 aliphatic carbocycles. The highest BCUT2D eigenvalue weighted by molar-refractivity contribution is 5.97. The molecule has 3 rings (SSSR count). The minimum atomic E-state index is -0.172. The minimum absolute atomic E-state index is 0.172. The largest absolute Gasteiger partial charge is 0.383 e. The summed E-state index contributed by atoms with van der Waals surface area (Å²) in [5, 5.41) is 7.28. The average molecular weight is 324 g/mol. The monoisotopic (exact) mass is 324 g/mol. The molecule has 6 nitrogen and oxygen atoms in total. The molecule has 2 aromatic heterocycles. The number of nitrogens with one attached hydrogen (secondary N) is 1. The van der Waals surface area contributed by atoms with Crippen molar-refractivity contribution in [3.63, 3.8) is 0 Å². The number of carbonyl (C=O) groups excluding carboxylic acids is 1. The maximum Gasteiger partial charge on any atom is 0.256 e. The molecule has 0 saturated carbocycles. The van der Waals surface area contributed by atoms with Crippen molar-refractivity contribution in [1.29, 1.82) is 0 Å². The Bertz CT molecular complexity index is 821. The number of rotatable bonds is 6. The molecule has 3 aromatic rings. The van der Waals surface area contributed by atoms with Gasteiger partial charge in [0.05, 0.1) is 18.5 Å². The lowest BCUT2D eigenvalue weighted by Gasteiger charge is -2.11. The van der Waals surface area contributed by atoms with Crippen LogP contribution in [0.3, 0.4) is 0 Å². The van der Waals surface area contributed by atoms with Crippen molar-refractivity contribution in [3.05, 3.63) is 66.1 Å². The predicted octanol–water partition coefficient (Wildman–Crippen LogP) is 2.35. The third-order valence-corrected chi connectivity index (χ3v) is 3.68. The maximum atomic E-state index is 12.5. The van der Waals surface area contributed by atoms with E-state index in [4.69, 9.17) is 4.74 Å². The minimum Gasteiger partial charge on any atom is -0.383 e. The SMILES string of the molecule is COCCNC(=O)c1cnn(-c2cccc(C)c2)c1-n1cccc1. The summed E-state index contributed by atoms with van der Waals surface area (Å²) in [6, 6.07) is 11.8. The van der Waals surface area contributed by atoms with Crippen molar-refractivity contribution in [3.8, 4) is 11.5 Å². The molecule has 1 N–H and O–H groups in total. The summed E-state index contributed by atoms with van der Waals surface area (Å²) in [5.41, 5.74) is 2.56. The van der Waals surface area contributed by atoms with E-state index >= 15 is 0 Å². The van der Waals surface area contributed by atoms with E-state index in [1.165, 1.54) is 0 Å². The zero-order valence-corrected chi connectivity index (χ0v) is 13.8. The molecule has 0 saturated heterocycles. The zero-order valence-electron chi connectivity index (χ0n) is 13.8. The van der Waals surface area contributed by atoms with Crippen LogP contribution in [0.1, 0.15) is 15.9 Å². The van der Waals surface area contributed by atoms with Crippen LogP contribution in [0.4, 0.5) is 0 Å². The van der Waals surface area contributed by atoms with E-state index in [-0.39, 0.29) is 5.91 Å². The average Bonchev–Trinajstić information content (AvgIpc) is 3.24. The molecule has 0 bridgehead atoms. The van der Waals surface area contributed by atoms with E-state index < -0.39 is 0 Å². The highest BCUT2D eigenvalue weighted by Gasteiger charge is 2.19. The van der Waals surface area contributed by atoms with Crippen LogP contribution in [-0.4, -0.2) is 40.5 Å². The van der Waals surface area contributed by atoms with Crippen molar-refractivity contribution in [2.45, 2.75) is 6.92 Å². The first kappa shape index (κ1) is 16.0. The van der Waals surface area contributed by atoms with Crippen LogP contribution < -0.4 is 5.32 Å². The summed E-state index contributed by atoms with van der Waals surface area (Å²) in [6.45, 7) is 2.95. The molecular weight excluding hydrogens is 304 g/mol. The van der Waals surface area contributed by atoms with Crippen LogP contribution in [0.25, 0.3) is 11.5 Å². The lowest BCUT2D eigenvalue weighted by Crippen LogP contribution is -2.27. The van der Waals surface area contributed by atoms with Crippen LogP contribution >= 0.6 is 0 Å². The molecule has 0 aliphatic heterocycles. The molecule has 0 fully saturated rings. The number of amides is 1. The van der Waals surface area contributed by atoms with Gasteiger partial charge in [-0.05, 0) is 36.8 Å². The van der Waals surface area contributed by atoms with Gasteiger partial charge in [0.1, 0.15) is 5.56 Å². The number of hydrogen-bond acceptors (Lipinski definition) is 3. The van der Waals surface area contributed by atoms with Crippen LogP contribution in [0, 0.1) is 6.92 Å². The van der Waals surface area contributed by atoms with Crippen LogP contribution in [0.15, 0.2) is 55.0 Å². The molecule has 1 aromatic carbocycles. The molecule has 2 heterocycles. The van der Waals surface area contributed by atoms with Crippen molar-refractivity contribution in [2.24, 2.45) is 0 Å². The number of carbonyl (C=O) groups is 1. The van der Waals surface area contributed by atoms with Gasteiger partial charge >= 0.3 is 0 Å². The molecule has 1 amide bonds. The van der Waals surface area contributed by atoms with Gasteiger partial charge < -0.3 is 14.6 Å². The van der Waals surface area contributed by atoms with Crippen LogP contribution in [0.5, 0.6) is 0 Å². The third kappa shape index (κ3) is 3.23. The Labute approximate surface area is 140 Å². The second kappa shape index (κ2) is 7.14. The number of aryl methyl sites for hydroxylation is 1. The normalized spacial score (nSPS) is 10.8. The highest BCUT2D eigenvalue weighted by Crippen LogP contribution is 2.20. The van der Waals surface area contributed by atoms with Gasteiger partial charge in [0.2, 0.25) is 0 Å². The van der Waals surface area contributed by atoms with E-state index in [1.54, 1.807) is 18.0 Å². The molecule has 6 heteroatoms. The lowest BCUT2D eigenvalue weighted by molar-refractivity contribution is 0.0937. The fourth-order valence-corrected chi connectivity index (χ4v) is 2.54. The zero-order chi connectivity index (χ0) is 16.9. The van der Waals surface area contributed by atoms with E-state index in [0.717, 1.165) is 11.3 Å². The molecule has 24 heavy (non-hydrogen) atoms. The molecule has 124 valence electrons. The van der Waals surface area contributed by atoms with Crippen molar-refractivity contribution >= 4 is 5.91 Å². The van der Waals surface area contributed by atoms with Crippen molar-refractivity contribution in [1.82, 2.24) is 19.7 Å². The van der Waals surface area contributed by atoms with Gasteiger partial charge in [0.15, 0.2) is 5.82 Å². The Morgan fingerprint density at radius 3 is 2.75 bits per heavy atom. The molecule has 0 aliphatic rings. The standard InChI is InChI=1S/C18H20N4O2/c1-14-6-5-7-15(12-14)22-18(21-9-3-4-10-21)16(13-20-22)17(23)19-8-11-24-2/h3-7,9-10,12-13H,8,11H2,1-2H3,(H,19,23). The Morgan fingerprint density at radius 1 is 1.25 bits per heavy atom. The first-order valence-corrected chi connectivity index (χ1v) is 7.76. The number of ether oxygens (including phenoxy) is 1. The Kier molecular flexibility index (Phi) is 4.77. The van der Waals surface area contributed by atoms with E-state index in [2.05, 4.69) is 10.4 Å². The number of nitrogens with zero attached hydrogens (tertiary/aromatic N) is 3. The quantitative estimate of drug-likeness (QED) is 0.708. The van der Waals surface area contributed by atoms with Gasteiger partial charge in [-0.3, -0.25) is 4.79 Å². The molecule has 0 radical (unpaired) electrons. The second-order valence-corrected chi connectivity index (χ2v) is 5.47. The molecule has 0 unspecified atom stereocenters. The summed E-state index contributed by atoms with van der Waals surface area (Å²) in [4.78, 5) is 12.5. The van der Waals surface area contributed by atoms with Gasteiger partial charge in [-0.2, -0.15) is 5.10 Å². The van der Waals surface area contributed by atoms with Crippen LogP contribution in [0.2, 0.25) is 0 Å². The van der Waals surface area contributed by atoms with Gasteiger partial charge in [0.25, 0.3) is 5.91 Å². The summed E-state index contributed by atoms with van der Waals surface area (Å²) in [5.74, 6) is 0.537. The summed E-state index contributed by atoms with van der Waals surface area (Å²) >= 11 is 0. The third-order valence-electron chi connectivity index (χ3n) is 3.68. The second-order valence-electron chi connectivity index (χ2n) is 5.47. The Morgan fingerprint density at radius 2 is 2.04 bits per heavy atom. The molecular formula is C18H20N4O2. The van der Waals surface area contributed by atoms with Crippen molar-refractivity contribution < 1.29 is 9.53 Å². The molecule has 0 atom stereocenters. The molecule has 0 spiro atoms. The Balaban J connectivity index is 2.03. The number of hydrogen-bond donors (Lipinski definition) is 1. The number of benzene rings is 1. The highest BCUT2D eigenvalue weighted by atomic mass is 16.5. The topological polar surface area (TPSA) is 61.1 Å². The van der Waals surface area contributed by atoms with Gasteiger partial charge in [-0.15, -0.1) is 0 Å².